The molecule has 0 spiro atoms. The molecule has 1 aromatic carbocycles. The summed E-state index contributed by atoms with van der Waals surface area (Å²) in [7, 11) is -3.21. The van der Waals surface area contributed by atoms with Gasteiger partial charge in [-0.3, -0.25) is 9.10 Å². The Kier molecular flexibility index (Phi) is 5.79. The Morgan fingerprint density at radius 3 is 2.73 bits per heavy atom. The van der Waals surface area contributed by atoms with Crippen LogP contribution in [0.15, 0.2) is 24.3 Å². The first kappa shape index (κ1) is 19.5. The van der Waals surface area contributed by atoms with Crippen LogP contribution in [0.1, 0.15) is 38.5 Å². The monoisotopic (exact) mass is 399 g/mol. The smallest absolute Gasteiger partial charge is 0.241 e. The third kappa shape index (κ3) is 3.85. The second kappa shape index (κ2) is 7.74. The van der Waals surface area contributed by atoms with Gasteiger partial charge in [0.1, 0.15) is 0 Å². The van der Waals surface area contributed by atoms with Crippen LogP contribution in [0, 0.1) is 5.92 Å². The molecule has 1 saturated carbocycles. The molecule has 1 aromatic rings. The Morgan fingerprint density at radius 1 is 1.19 bits per heavy atom. The average Bonchev–Trinajstić information content (AvgIpc) is 3.17. The summed E-state index contributed by atoms with van der Waals surface area (Å²) in [6, 6.07) is 7.47. The van der Waals surface area contributed by atoms with Gasteiger partial charge in [-0.2, -0.15) is 0 Å². The van der Waals surface area contributed by atoms with E-state index in [1.54, 1.807) is 18.2 Å². The van der Waals surface area contributed by atoms with E-state index in [1.165, 1.54) is 23.6 Å². The van der Waals surface area contributed by atoms with E-state index in [1.807, 2.05) is 6.07 Å². The molecule has 144 valence electrons. The normalized spacial score (nSPS) is 29.7. The van der Waals surface area contributed by atoms with E-state index in [9.17, 15) is 13.2 Å². The Hall–Kier alpha value is -1.31. The third-order valence-corrected chi connectivity index (χ3v) is 7.55. The number of fused-ring (bicyclic) bond motifs is 1. The fraction of sp³-hybridized carbons (Fsp3) is 0.611. The van der Waals surface area contributed by atoms with Crippen molar-refractivity contribution in [2.45, 2.75) is 50.6 Å². The van der Waals surface area contributed by atoms with E-state index in [-0.39, 0.29) is 30.1 Å². The maximum Gasteiger partial charge on any atom is 0.241 e. The molecule has 2 saturated heterocycles. The summed E-state index contributed by atoms with van der Waals surface area (Å²) in [5.41, 5.74) is 1.28. The number of hydrogen-bond acceptors (Lipinski definition) is 4. The molecule has 26 heavy (non-hydrogen) atoms. The maximum absolute atomic E-state index is 12.6. The molecular weight excluding hydrogens is 374 g/mol. The SMILES string of the molecule is Cl.O=C(Nc1cccc(N2CCCS2(=O)=O)c1)C1CC2CCCCC2N1. The topological polar surface area (TPSA) is 78.5 Å². The Labute approximate surface area is 161 Å². The van der Waals surface area contributed by atoms with Gasteiger partial charge in [0.05, 0.1) is 17.5 Å². The molecule has 6 nitrogen and oxygen atoms in total. The second-order valence-electron chi connectivity index (χ2n) is 7.39. The highest BCUT2D eigenvalue weighted by atomic mass is 35.5. The van der Waals surface area contributed by atoms with E-state index >= 15 is 0 Å². The molecule has 3 fully saturated rings. The molecule has 1 aliphatic carbocycles. The quantitative estimate of drug-likeness (QED) is 0.818. The number of hydrogen-bond donors (Lipinski definition) is 2. The summed E-state index contributed by atoms with van der Waals surface area (Å²) in [4.78, 5) is 12.6. The van der Waals surface area contributed by atoms with E-state index in [2.05, 4.69) is 10.6 Å². The van der Waals surface area contributed by atoms with Crippen molar-refractivity contribution in [3.05, 3.63) is 24.3 Å². The zero-order chi connectivity index (χ0) is 17.4. The van der Waals surface area contributed by atoms with Crippen LogP contribution in [0.25, 0.3) is 0 Å². The number of amides is 1. The molecule has 3 aliphatic rings. The van der Waals surface area contributed by atoms with E-state index in [4.69, 9.17) is 0 Å². The molecular formula is C18H26ClN3O3S. The van der Waals surface area contributed by atoms with Gasteiger partial charge in [0.25, 0.3) is 0 Å². The molecule has 3 unspecified atom stereocenters. The summed E-state index contributed by atoms with van der Waals surface area (Å²) in [6.45, 7) is 0.507. The van der Waals surface area contributed by atoms with Gasteiger partial charge >= 0.3 is 0 Å². The summed E-state index contributed by atoms with van der Waals surface area (Å²) >= 11 is 0. The third-order valence-electron chi connectivity index (χ3n) is 5.68. The van der Waals surface area contributed by atoms with Gasteiger partial charge in [-0.25, -0.2) is 8.42 Å². The van der Waals surface area contributed by atoms with Crippen LogP contribution < -0.4 is 14.9 Å². The number of sulfonamides is 1. The van der Waals surface area contributed by atoms with Crippen molar-refractivity contribution in [2.75, 3.05) is 21.9 Å². The highest BCUT2D eigenvalue weighted by molar-refractivity contribution is 7.93. The second-order valence-corrected chi connectivity index (χ2v) is 9.40. The van der Waals surface area contributed by atoms with Crippen LogP contribution in [0.2, 0.25) is 0 Å². The Morgan fingerprint density at radius 2 is 2.00 bits per heavy atom. The van der Waals surface area contributed by atoms with Crippen molar-refractivity contribution in [3.8, 4) is 0 Å². The maximum atomic E-state index is 12.6. The molecule has 8 heteroatoms. The number of benzene rings is 1. The lowest BCUT2D eigenvalue weighted by atomic mass is 9.85. The van der Waals surface area contributed by atoms with Crippen molar-refractivity contribution in [1.29, 1.82) is 0 Å². The minimum absolute atomic E-state index is 0. The number of halogens is 1. The predicted molar refractivity (Wildman–Crippen MR) is 105 cm³/mol. The number of rotatable bonds is 3. The van der Waals surface area contributed by atoms with E-state index < -0.39 is 10.0 Å². The fourth-order valence-electron chi connectivity index (χ4n) is 4.42. The van der Waals surface area contributed by atoms with Crippen LogP contribution in [-0.2, 0) is 14.8 Å². The first-order valence-electron chi connectivity index (χ1n) is 9.20. The highest BCUT2D eigenvalue weighted by Crippen LogP contribution is 2.33. The molecule has 1 amide bonds. The molecule has 2 aliphatic heterocycles. The van der Waals surface area contributed by atoms with E-state index in [0.29, 0.717) is 36.3 Å². The van der Waals surface area contributed by atoms with Crippen molar-refractivity contribution in [2.24, 2.45) is 5.92 Å². The zero-order valence-electron chi connectivity index (χ0n) is 14.7. The van der Waals surface area contributed by atoms with Crippen LogP contribution in [-0.4, -0.2) is 38.7 Å². The minimum Gasteiger partial charge on any atom is -0.325 e. The average molecular weight is 400 g/mol. The van der Waals surface area contributed by atoms with Crippen molar-refractivity contribution in [1.82, 2.24) is 5.32 Å². The molecule has 4 rings (SSSR count). The van der Waals surface area contributed by atoms with Crippen LogP contribution in [0.3, 0.4) is 0 Å². The molecule has 0 aromatic heterocycles. The lowest BCUT2D eigenvalue weighted by Crippen LogP contribution is -2.39. The molecule has 3 atom stereocenters. The van der Waals surface area contributed by atoms with Crippen LogP contribution >= 0.6 is 12.4 Å². The first-order valence-corrected chi connectivity index (χ1v) is 10.8. The van der Waals surface area contributed by atoms with Crippen molar-refractivity contribution >= 4 is 39.7 Å². The Balaban J connectivity index is 0.00000196. The summed E-state index contributed by atoms with van der Waals surface area (Å²) in [5, 5.41) is 6.44. The van der Waals surface area contributed by atoms with Crippen LogP contribution in [0.4, 0.5) is 11.4 Å². The number of nitrogens with one attached hydrogen (secondary N) is 2. The largest absolute Gasteiger partial charge is 0.325 e. The Bertz CT molecular complexity index is 757. The van der Waals surface area contributed by atoms with Gasteiger partial charge in [-0.1, -0.05) is 18.9 Å². The standard InChI is InChI=1S/C18H25N3O3S.ClH/c22-18(17-11-13-5-1-2-8-16(13)20-17)19-14-6-3-7-15(12-14)21-9-4-10-25(21,23)24;/h3,6-7,12-13,16-17,20H,1-2,4-5,8-11H2,(H,19,22);1H. The van der Waals surface area contributed by atoms with Gasteiger partial charge in [0.2, 0.25) is 15.9 Å². The summed E-state index contributed by atoms with van der Waals surface area (Å²) in [6.07, 6.45) is 6.43. The molecule has 0 radical (unpaired) electrons. The van der Waals surface area contributed by atoms with E-state index in [0.717, 1.165) is 12.8 Å². The van der Waals surface area contributed by atoms with Gasteiger partial charge in [-0.05, 0) is 49.8 Å². The van der Waals surface area contributed by atoms with Gasteiger partial charge in [0.15, 0.2) is 0 Å². The van der Waals surface area contributed by atoms with Gasteiger partial charge < -0.3 is 10.6 Å². The predicted octanol–water partition coefficient (Wildman–Crippen LogP) is 2.51. The number of nitrogens with zero attached hydrogens (tertiary/aromatic N) is 1. The number of carbonyl (C=O) groups excluding carboxylic acids is 1. The summed E-state index contributed by atoms with van der Waals surface area (Å²) in [5.74, 6) is 0.791. The molecule has 2 N–H and O–H groups in total. The number of anilines is 2. The van der Waals surface area contributed by atoms with Gasteiger partial charge in [0, 0.05) is 18.3 Å². The molecule has 2 heterocycles. The lowest BCUT2D eigenvalue weighted by molar-refractivity contribution is -0.117. The summed E-state index contributed by atoms with van der Waals surface area (Å²) < 4.78 is 25.6. The van der Waals surface area contributed by atoms with Crippen molar-refractivity contribution < 1.29 is 13.2 Å². The van der Waals surface area contributed by atoms with Crippen molar-refractivity contribution in [3.63, 3.8) is 0 Å². The lowest BCUT2D eigenvalue weighted by Gasteiger charge is -2.24. The van der Waals surface area contributed by atoms with Crippen LogP contribution in [0.5, 0.6) is 0 Å². The first-order chi connectivity index (χ1) is 12.0. The molecule has 0 bridgehead atoms. The van der Waals surface area contributed by atoms with Gasteiger partial charge in [-0.15, -0.1) is 12.4 Å². The fourth-order valence-corrected chi connectivity index (χ4v) is 5.98. The minimum atomic E-state index is -3.21. The highest BCUT2D eigenvalue weighted by Gasteiger charge is 2.38. The zero-order valence-corrected chi connectivity index (χ0v) is 16.3. The number of carbonyl (C=O) groups is 1.